The summed E-state index contributed by atoms with van der Waals surface area (Å²) in [5, 5.41) is 29.4. The molecule has 1 fully saturated rings. The Balaban J connectivity index is 1.31. The normalized spacial score (nSPS) is 16.3. The maximum Gasteiger partial charge on any atom is 0.291 e. The highest BCUT2D eigenvalue weighted by Crippen LogP contribution is 2.29. The molecule has 0 bridgehead atoms. The Morgan fingerprint density at radius 2 is 1.93 bits per heavy atom. The minimum absolute atomic E-state index is 0.0246. The van der Waals surface area contributed by atoms with Crippen molar-refractivity contribution in [3.63, 3.8) is 0 Å². The maximum atomic E-state index is 14.5. The Morgan fingerprint density at radius 1 is 1.14 bits per heavy atom. The van der Waals surface area contributed by atoms with Crippen molar-refractivity contribution in [3.05, 3.63) is 64.6 Å². The van der Waals surface area contributed by atoms with Crippen molar-refractivity contribution in [2.45, 2.75) is 12.5 Å². The average Bonchev–Trinajstić information content (AvgIpc) is 3.46. The number of benzene rings is 2. The summed E-state index contributed by atoms with van der Waals surface area (Å²) < 4.78 is 33.6. The molecule has 0 unspecified atom stereocenters. The number of imidazole rings is 1. The molecule has 3 amide bonds. The quantitative estimate of drug-likeness (QED) is 0.191. The van der Waals surface area contributed by atoms with Gasteiger partial charge in [-0.1, -0.05) is 11.6 Å². The highest BCUT2D eigenvalue weighted by molar-refractivity contribution is 6.34. The molecule has 0 saturated carbocycles. The number of aromatic amines is 1. The van der Waals surface area contributed by atoms with Gasteiger partial charge in [-0.2, -0.15) is 9.65 Å². The van der Waals surface area contributed by atoms with E-state index in [0.717, 1.165) is 12.3 Å². The van der Waals surface area contributed by atoms with Crippen LogP contribution in [0.25, 0.3) is 11.3 Å². The minimum atomic E-state index is -1.29. The van der Waals surface area contributed by atoms with Crippen LogP contribution >= 0.6 is 11.6 Å². The number of amides is 3. The number of piperidine rings is 1. The van der Waals surface area contributed by atoms with E-state index in [0.29, 0.717) is 19.5 Å². The Morgan fingerprint density at radius 3 is 2.67 bits per heavy atom. The van der Waals surface area contributed by atoms with Crippen LogP contribution in [0.15, 0.2) is 36.5 Å². The molecule has 2 aromatic carbocycles. The van der Waals surface area contributed by atoms with Crippen LogP contribution in [-0.4, -0.2) is 71.7 Å². The smallest absolute Gasteiger partial charge is 0.291 e. The molecule has 1 aliphatic rings. The van der Waals surface area contributed by atoms with Gasteiger partial charge in [0.1, 0.15) is 6.07 Å². The lowest BCUT2D eigenvalue weighted by Crippen LogP contribution is -2.48. The average molecular weight is 602 g/mol. The molecule has 1 aromatic heterocycles. The highest BCUT2D eigenvalue weighted by Gasteiger charge is 2.29. The summed E-state index contributed by atoms with van der Waals surface area (Å²) in [5.74, 6) is -5.15. The van der Waals surface area contributed by atoms with Crippen LogP contribution in [-0.2, 0) is 4.79 Å². The van der Waals surface area contributed by atoms with Gasteiger partial charge in [-0.15, -0.1) is 0 Å². The molecular formula is C27H26ClF2N7O5. The summed E-state index contributed by atoms with van der Waals surface area (Å²) >= 11 is 6.25. The van der Waals surface area contributed by atoms with Crippen LogP contribution in [0.4, 0.5) is 14.5 Å². The minimum Gasteiger partial charge on any atom is -0.476 e. The Bertz CT molecular complexity index is 1530. The van der Waals surface area contributed by atoms with Crippen molar-refractivity contribution in [2.75, 3.05) is 38.1 Å². The van der Waals surface area contributed by atoms with E-state index in [1.54, 1.807) is 6.07 Å². The van der Waals surface area contributed by atoms with Crippen molar-refractivity contribution in [3.8, 4) is 23.1 Å². The molecule has 6 N–H and O–H groups in total. The van der Waals surface area contributed by atoms with Gasteiger partial charge in [0.25, 0.3) is 11.8 Å². The molecule has 15 heteroatoms. The second-order valence-electron chi connectivity index (χ2n) is 9.19. The monoisotopic (exact) mass is 601 g/mol. The number of halogens is 3. The molecule has 220 valence electrons. The number of carbonyl (C=O) groups is 3. The Hall–Kier alpha value is -4.58. The number of anilines is 1. The number of β-amino-alcohol motifs (C(OH)–C–C–N with tert-alkyl or cyclic N) is 1. The fraction of sp³-hybridized carbons (Fsp3) is 0.296. The molecule has 42 heavy (non-hydrogen) atoms. The van der Waals surface area contributed by atoms with E-state index in [1.807, 2.05) is 0 Å². The zero-order chi connectivity index (χ0) is 30.2. The van der Waals surface area contributed by atoms with Crippen LogP contribution in [0.5, 0.6) is 5.75 Å². The van der Waals surface area contributed by atoms with Crippen molar-refractivity contribution < 1.29 is 33.0 Å². The summed E-state index contributed by atoms with van der Waals surface area (Å²) in [5.41, 5.74) is 0.194. The first-order valence-corrected chi connectivity index (χ1v) is 13.2. The first kappa shape index (κ1) is 30.4. The van der Waals surface area contributed by atoms with Gasteiger partial charge in [-0.25, -0.2) is 9.37 Å². The van der Waals surface area contributed by atoms with Gasteiger partial charge in [0.15, 0.2) is 24.0 Å². The molecule has 1 saturated heterocycles. The second kappa shape index (κ2) is 13.9. The van der Waals surface area contributed by atoms with Crippen LogP contribution in [0, 0.1) is 28.9 Å². The number of aliphatic hydroxyl groups excluding tert-OH is 1. The van der Waals surface area contributed by atoms with Gasteiger partial charge in [0.2, 0.25) is 11.7 Å². The largest absolute Gasteiger partial charge is 0.476 e. The topological polar surface area (TPSA) is 181 Å². The van der Waals surface area contributed by atoms with E-state index < -0.39 is 47.8 Å². The fourth-order valence-electron chi connectivity index (χ4n) is 4.24. The first-order valence-electron chi connectivity index (χ1n) is 12.8. The molecule has 1 aliphatic heterocycles. The summed E-state index contributed by atoms with van der Waals surface area (Å²) in [6.45, 7) is 0.824. The van der Waals surface area contributed by atoms with E-state index in [9.17, 15) is 28.3 Å². The van der Waals surface area contributed by atoms with Gasteiger partial charge in [0.05, 0.1) is 34.5 Å². The van der Waals surface area contributed by atoms with E-state index >= 15 is 0 Å². The van der Waals surface area contributed by atoms with Crippen LogP contribution < -0.4 is 26.0 Å². The maximum absolute atomic E-state index is 14.5. The van der Waals surface area contributed by atoms with Gasteiger partial charge < -0.3 is 36.1 Å². The number of hydrogen-bond donors (Lipinski definition) is 6. The van der Waals surface area contributed by atoms with E-state index in [4.69, 9.17) is 21.6 Å². The molecule has 2 heterocycles. The van der Waals surface area contributed by atoms with Crippen molar-refractivity contribution in [2.24, 2.45) is 5.92 Å². The Kier molecular flexibility index (Phi) is 10.0. The number of H-pyrrole nitrogens is 1. The van der Waals surface area contributed by atoms with Gasteiger partial charge in [-0.05, 0) is 43.3 Å². The van der Waals surface area contributed by atoms with Crippen molar-refractivity contribution in [1.82, 2.24) is 25.9 Å². The Labute approximate surface area is 243 Å². The lowest BCUT2D eigenvalue weighted by atomic mass is 9.94. The van der Waals surface area contributed by atoms with E-state index in [1.165, 1.54) is 24.3 Å². The predicted molar refractivity (Wildman–Crippen MR) is 147 cm³/mol. The molecule has 2 atom stereocenters. The van der Waals surface area contributed by atoms with Gasteiger partial charge >= 0.3 is 0 Å². The molecule has 0 aliphatic carbocycles. The molecular weight excluding hydrogens is 576 g/mol. The fourth-order valence-corrected chi connectivity index (χ4v) is 4.50. The third-order valence-electron chi connectivity index (χ3n) is 6.39. The molecule has 12 nitrogen and oxygen atoms in total. The number of nitriles is 1. The van der Waals surface area contributed by atoms with Gasteiger partial charge in [0, 0.05) is 30.9 Å². The van der Waals surface area contributed by atoms with Crippen LogP contribution in [0.2, 0.25) is 5.02 Å². The number of nitrogens with one attached hydrogen (secondary N) is 5. The SMILES string of the molecule is N#CCOc1ccc(-c2cnc(C(=O)Nc3ccc(C(=O)NCCNC(=O)[C@@H]4CCNC[C@@H]4O)c(Cl)c3)[nH]2)c(F)c1F. The predicted octanol–water partition coefficient (Wildman–Crippen LogP) is 1.98. The number of nitrogens with zero attached hydrogens (tertiary/aromatic N) is 2. The third kappa shape index (κ3) is 7.19. The molecule has 4 rings (SSSR count). The number of rotatable bonds is 10. The number of hydrogen-bond acceptors (Lipinski definition) is 8. The highest BCUT2D eigenvalue weighted by atomic mass is 35.5. The number of aliphatic hydroxyl groups is 1. The lowest BCUT2D eigenvalue weighted by Gasteiger charge is -2.27. The number of carbonyl (C=O) groups excluding carboxylic acids is 3. The number of ether oxygens (including phenoxy) is 1. The van der Waals surface area contributed by atoms with E-state index in [2.05, 4.69) is 31.2 Å². The number of aromatic nitrogens is 2. The third-order valence-corrected chi connectivity index (χ3v) is 6.70. The summed E-state index contributed by atoms with van der Waals surface area (Å²) in [6, 6.07) is 8.23. The van der Waals surface area contributed by atoms with Gasteiger partial charge in [-0.3, -0.25) is 14.4 Å². The summed E-state index contributed by atoms with van der Waals surface area (Å²) in [4.78, 5) is 44.0. The molecule has 0 radical (unpaired) electrons. The summed E-state index contributed by atoms with van der Waals surface area (Å²) in [6.07, 6.45) is 0.911. The van der Waals surface area contributed by atoms with Crippen LogP contribution in [0.1, 0.15) is 27.4 Å². The zero-order valence-corrected chi connectivity index (χ0v) is 22.7. The lowest BCUT2D eigenvalue weighted by molar-refractivity contribution is -0.129. The van der Waals surface area contributed by atoms with Crippen LogP contribution in [0.3, 0.4) is 0 Å². The first-order chi connectivity index (χ1) is 20.2. The van der Waals surface area contributed by atoms with Crippen molar-refractivity contribution >= 4 is 35.0 Å². The standard InChI is InChI=1S/C27H26ClF2N7O5/c28-18-11-14(1-2-15(18)25(39)33-8-9-34-26(40)17-5-7-32-13-20(17)38)36-27(41)24-35-12-19(37-24)16-3-4-21(42-10-6-31)23(30)22(16)29/h1-4,11-12,17,20,32,38H,5,7-10,13H2,(H,33,39)(H,34,40)(H,35,37)(H,36,41)/t17-,20+/m1/s1. The van der Waals surface area contributed by atoms with Crippen molar-refractivity contribution in [1.29, 1.82) is 5.26 Å². The summed E-state index contributed by atoms with van der Waals surface area (Å²) in [7, 11) is 0. The molecule has 3 aromatic rings. The van der Waals surface area contributed by atoms with E-state index in [-0.39, 0.29) is 52.4 Å². The second-order valence-corrected chi connectivity index (χ2v) is 9.60. The molecule has 0 spiro atoms. The zero-order valence-electron chi connectivity index (χ0n) is 22.0.